The van der Waals surface area contributed by atoms with Gasteiger partial charge in [-0.15, -0.1) is 0 Å². The van der Waals surface area contributed by atoms with Gasteiger partial charge in [0.15, 0.2) is 0 Å². The Morgan fingerprint density at radius 3 is 2.33 bits per heavy atom. The Morgan fingerprint density at radius 1 is 1.24 bits per heavy atom. The number of phenolic OH excluding ortho intramolecular Hbond substituents is 1. The first-order chi connectivity index (χ1) is 9.86. The quantitative estimate of drug-likeness (QED) is 0.673. The summed E-state index contributed by atoms with van der Waals surface area (Å²) in [6.07, 6.45) is -0.101. The van der Waals surface area contributed by atoms with E-state index in [1.807, 2.05) is 12.1 Å². The molecule has 5 heteroatoms. The summed E-state index contributed by atoms with van der Waals surface area (Å²) in [5.41, 5.74) is -1.53. The maximum absolute atomic E-state index is 11.6. The summed E-state index contributed by atoms with van der Waals surface area (Å²) >= 11 is 0. The molecule has 0 aliphatic heterocycles. The molecule has 2 atom stereocenters. The van der Waals surface area contributed by atoms with E-state index in [1.54, 1.807) is 18.2 Å². The van der Waals surface area contributed by atoms with Crippen molar-refractivity contribution < 1.29 is 25.2 Å². The lowest BCUT2D eigenvalue weighted by Gasteiger charge is -2.30. The average molecular weight is 290 g/mol. The number of aliphatic carboxylic acids is 1. The second-order valence-electron chi connectivity index (χ2n) is 5.36. The number of carbonyl (C=O) groups is 1. The zero-order valence-corrected chi connectivity index (χ0v) is 11.7. The summed E-state index contributed by atoms with van der Waals surface area (Å²) in [4.78, 5) is 11.6. The Bertz CT molecular complexity index is 663. The molecule has 112 valence electrons. The number of hydrogen-bond acceptors (Lipinski definition) is 4. The van der Waals surface area contributed by atoms with E-state index in [9.17, 15) is 20.1 Å². The zero-order chi connectivity index (χ0) is 15.6. The van der Waals surface area contributed by atoms with E-state index in [1.165, 1.54) is 13.0 Å². The molecular weight excluding hydrogens is 272 g/mol. The van der Waals surface area contributed by atoms with Gasteiger partial charge in [0, 0.05) is 18.6 Å². The SMILES string of the molecule is CC(O)(CCO)C(C(=O)O)c1cc2ccccc2cc1O. The topological polar surface area (TPSA) is 98.0 Å². The van der Waals surface area contributed by atoms with Crippen molar-refractivity contribution in [1.29, 1.82) is 0 Å². The van der Waals surface area contributed by atoms with Gasteiger partial charge in [-0.05, 0) is 29.8 Å². The third-order valence-electron chi connectivity index (χ3n) is 3.69. The van der Waals surface area contributed by atoms with E-state index < -0.39 is 17.5 Å². The average Bonchev–Trinajstić information content (AvgIpc) is 2.38. The second-order valence-corrected chi connectivity index (χ2v) is 5.36. The minimum absolute atomic E-state index is 0.101. The number of aliphatic hydroxyl groups is 2. The molecule has 2 aromatic carbocycles. The van der Waals surface area contributed by atoms with E-state index in [4.69, 9.17) is 5.11 Å². The predicted octanol–water partition coefficient (Wildman–Crippen LogP) is 1.85. The van der Waals surface area contributed by atoms with Crippen molar-refractivity contribution in [3.05, 3.63) is 42.0 Å². The first kappa shape index (κ1) is 15.3. The molecule has 0 spiro atoms. The maximum atomic E-state index is 11.6. The van der Waals surface area contributed by atoms with Crippen LogP contribution in [0.3, 0.4) is 0 Å². The summed E-state index contributed by atoms with van der Waals surface area (Å²) in [7, 11) is 0. The molecule has 2 unspecified atom stereocenters. The van der Waals surface area contributed by atoms with E-state index in [0.717, 1.165) is 10.8 Å². The number of carboxylic acids is 1. The molecule has 0 aliphatic rings. The van der Waals surface area contributed by atoms with Crippen LogP contribution in [0.2, 0.25) is 0 Å². The minimum atomic E-state index is -1.67. The van der Waals surface area contributed by atoms with Crippen LogP contribution >= 0.6 is 0 Å². The van der Waals surface area contributed by atoms with Gasteiger partial charge in [-0.1, -0.05) is 24.3 Å². The van der Waals surface area contributed by atoms with Gasteiger partial charge in [-0.2, -0.15) is 0 Å². The predicted molar refractivity (Wildman–Crippen MR) is 78.3 cm³/mol. The largest absolute Gasteiger partial charge is 0.508 e. The van der Waals surface area contributed by atoms with Crippen molar-refractivity contribution in [2.45, 2.75) is 24.9 Å². The van der Waals surface area contributed by atoms with Gasteiger partial charge in [-0.3, -0.25) is 4.79 Å². The molecule has 0 aliphatic carbocycles. The molecule has 0 aromatic heterocycles. The number of hydrogen-bond donors (Lipinski definition) is 4. The highest BCUT2D eigenvalue weighted by Crippen LogP contribution is 2.38. The highest BCUT2D eigenvalue weighted by atomic mass is 16.4. The van der Waals surface area contributed by atoms with Crippen molar-refractivity contribution in [2.24, 2.45) is 0 Å². The van der Waals surface area contributed by atoms with E-state index >= 15 is 0 Å². The molecule has 0 amide bonds. The van der Waals surface area contributed by atoms with Gasteiger partial charge in [0.25, 0.3) is 0 Å². The van der Waals surface area contributed by atoms with Gasteiger partial charge < -0.3 is 20.4 Å². The Hall–Kier alpha value is -2.11. The highest BCUT2D eigenvalue weighted by molar-refractivity contribution is 5.88. The summed E-state index contributed by atoms with van der Waals surface area (Å²) in [6.45, 7) is 1.00. The summed E-state index contributed by atoms with van der Waals surface area (Å²) in [6, 6.07) is 10.3. The van der Waals surface area contributed by atoms with Gasteiger partial charge in [-0.25, -0.2) is 0 Å². The molecule has 5 nitrogen and oxygen atoms in total. The van der Waals surface area contributed by atoms with Crippen LogP contribution in [-0.4, -0.2) is 38.6 Å². The van der Waals surface area contributed by atoms with E-state index in [-0.39, 0.29) is 24.3 Å². The molecule has 0 heterocycles. The second kappa shape index (κ2) is 5.71. The van der Waals surface area contributed by atoms with Crippen molar-refractivity contribution in [1.82, 2.24) is 0 Å². The van der Waals surface area contributed by atoms with Crippen LogP contribution < -0.4 is 0 Å². The number of rotatable bonds is 5. The number of benzene rings is 2. The highest BCUT2D eigenvalue weighted by Gasteiger charge is 2.40. The monoisotopic (exact) mass is 290 g/mol. The van der Waals surface area contributed by atoms with Gasteiger partial charge in [0.2, 0.25) is 0 Å². The molecule has 0 radical (unpaired) electrons. The first-order valence-electron chi connectivity index (χ1n) is 6.64. The first-order valence-corrected chi connectivity index (χ1v) is 6.64. The summed E-state index contributed by atoms with van der Waals surface area (Å²) in [5, 5.41) is 40.5. The van der Waals surface area contributed by atoms with Crippen molar-refractivity contribution in [2.75, 3.05) is 6.61 Å². The number of aromatic hydroxyl groups is 1. The molecule has 0 saturated carbocycles. The van der Waals surface area contributed by atoms with Gasteiger partial charge in [0.1, 0.15) is 11.7 Å². The van der Waals surface area contributed by atoms with E-state index in [2.05, 4.69) is 0 Å². The number of fused-ring (bicyclic) bond motifs is 1. The fraction of sp³-hybridized carbons (Fsp3) is 0.312. The van der Waals surface area contributed by atoms with Crippen LogP contribution in [0, 0.1) is 0 Å². The fourth-order valence-corrected chi connectivity index (χ4v) is 2.58. The van der Waals surface area contributed by atoms with Crippen molar-refractivity contribution in [3.8, 4) is 5.75 Å². The van der Waals surface area contributed by atoms with Crippen LogP contribution in [-0.2, 0) is 4.79 Å². The molecule has 21 heavy (non-hydrogen) atoms. The Labute approximate surface area is 122 Å². The lowest BCUT2D eigenvalue weighted by molar-refractivity contribution is -0.145. The van der Waals surface area contributed by atoms with Crippen LogP contribution in [0.5, 0.6) is 5.75 Å². The standard InChI is InChI=1S/C16H18O5/c1-16(21,6-7-17)14(15(19)20)12-8-10-4-2-3-5-11(10)9-13(12)18/h2-5,8-9,14,17-18,21H,6-7H2,1H3,(H,19,20). The van der Waals surface area contributed by atoms with Gasteiger partial charge in [0.05, 0.1) is 5.60 Å². The lowest BCUT2D eigenvalue weighted by atomic mass is 9.80. The molecule has 4 N–H and O–H groups in total. The normalized spacial score (nSPS) is 15.6. The summed E-state index contributed by atoms with van der Waals surface area (Å²) in [5.74, 6) is -2.76. The summed E-state index contributed by atoms with van der Waals surface area (Å²) < 4.78 is 0. The van der Waals surface area contributed by atoms with Crippen molar-refractivity contribution >= 4 is 16.7 Å². The van der Waals surface area contributed by atoms with Gasteiger partial charge >= 0.3 is 5.97 Å². The minimum Gasteiger partial charge on any atom is -0.508 e. The third-order valence-corrected chi connectivity index (χ3v) is 3.69. The molecule has 2 rings (SSSR count). The smallest absolute Gasteiger partial charge is 0.314 e. The molecule has 2 aromatic rings. The third kappa shape index (κ3) is 2.99. The maximum Gasteiger partial charge on any atom is 0.314 e. The Morgan fingerprint density at radius 2 is 1.81 bits per heavy atom. The number of phenols is 1. The van der Waals surface area contributed by atoms with Crippen molar-refractivity contribution in [3.63, 3.8) is 0 Å². The molecular formula is C16H18O5. The lowest BCUT2D eigenvalue weighted by Crippen LogP contribution is -2.38. The van der Waals surface area contributed by atoms with Crippen LogP contribution in [0.25, 0.3) is 10.8 Å². The molecule has 0 saturated heterocycles. The van der Waals surface area contributed by atoms with E-state index in [0.29, 0.717) is 0 Å². The Balaban J connectivity index is 2.60. The van der Waals surface area contributed by atoms with Crippen LogP contribution in [0.4, 0.5) is 0 Å². The van der Waals surface area contributed by atoms with Crippen LogP contribution in [0.1, 0.15) is 24.8 Å². The fourth-order valence-electron chi connectivity index (χ4n) is 2.58. The number of carboxylic acid groups (broad SMARTS) is 1. The molecule has 0 fully saturated rings. The Kier molecular flexibility index (Phi) is 4.16. The van der Waals surface area contributed by atoms with Crippen LogP contribution in [0.15, 0.2) is 36.4 Å². The molecule has 0 bridgehead atoms. The number of aliphatic hydroxyl groups excluding tert-OH is 1. The zero-order valence-electron chi connectivity index (χ0n) is 11.7.